The van der Waals surface area contributed by atoms with Crippen molar-refractivity contribution < 1.29 is 9.53 Å². The second-order valence-corrected chi connectivity index (χ2v) is 4.36. The second-order valence-electron chi connectivity index (χ2n) is 4.36. The van der Waals surface area contributed by atoms with E-state index < -0.39 is 0 Å². The molecule has 1 fully saturated rings. The molecule has 1 aromatic rings. The lowest BCUT2D eigenvalue weighted by Gasteiger charge is -2.07. The SMILES string of the molecule is CC(C)C(=O)c1cccc(OC2CC2)c1. The van der Waals surface area contributed by atoms with Gasteiger partial charge in [-0.25, -0.2) is 0 Å². The molecule has 0 bridgehead atoms. The van der Waals surface area contributed by atoms with E-state index in [1.54, 1.807) is 0 Å². The van der Waals surface area contributed by atoms with Crippen molar-refractivity contribution in [3.63, 3.8) is 0 Å². The topological polar surface area (TPSA) is 26.3 Å². The molecule has 0 aliphatic heterocycles. The van der Waals surface area contributed by atoms with Gasteiger partial charge in [0.2, 0.25) is 0 Å². The molecule has 1 saturated carbocycles. The lowest BCUT2D eigenvalue weighted by Crippen LogP contribution is -2.07. The van der Waals surface area contributed by atoms with E-state index in [1.165, 1.54) is 0 Å². The Balaban J connectivity index is 2.13. The average molecular weight is 204 g/mol. The van der Waals surface area contributed by atoms with Crippen LogP contribution in [-0.2, 0) is 0 Å². The monoisotopic (exact) mass is 204 g/mol. The molecule has 1 aromatic carbocycles. The minimum absolute atomic E-state index is 0.0428. The molecule has 0 amide bonds. The first-order valence-corrected chi connectivity index (χ1v) is 5.48. The van der Waals surface area contributed by atoms with Gasteiger partial charge in [-0.3, -0.25) is 4.79 Å². The highest BCUT2D eigenvalue weighted by Crippen LogP contribution is 2.27. The first-order valence-electron chi connectivity index (χ1n) is 5.48. The number of hydrogen-bond donors (Lipinski definition) is 0. The van der Waals surface area contributed by atoms with Gasteiger partial charge < -0.3 is 4.74 Å². The Morgan fingerprint density at radius 3 is 2.73 bits per heavy atom. The number of ketones is 1. The van der Waals surface area contributed by atoms with Gasteiger partial charge in [0.25, 0.3) is 0 Å². The standard InChI is InChI=1S/C13H16O2/c1-9(2)13(14)10-4-3-5-12(8-10)15-11-6-7-11/h3-5,8-9,11H,6-7H2,1-2H3. The fourth-order valence-electron chi connectivity index (χ4n) is 1.43. The number of carbonyl (C=O) groups excluding carboxylic acids is 1. The predicted octanol–water partition coefficient (Wildman–Crippen LogP) is 3.07. The van der Waals surface area contributed by atoms with E-state index in [-0.39, 0.29) is 11.7 Å². The van der Waals surface area contributed by atoms with E-state index in [1.807, 2.05) is 38.1 Å². The Morgan fingerprint density at radius 2 is 2.13 bits per heavy atom. The summed E-state index contributed by atoms with van der Waals surface area (Å²) in [6.45, 7) is 3.83. The molecule has 80 valence electrons. The number of hydrogen-bond acceptors (Lipinski definition) is 2. The van der Waals surface area contributed by atoms with Crippen molar-refractivity contribution in [2.75, 3.05) is 0 Å². The van der Waals surface area contributed by atoms with Gasteiger partial charge in [-0.2, -0.15) is 0 Å². The highest BCUT2D eigenvalue weighted by Gasteiger charge is 2.23. The Bertz CT molecular complexity index is 365. The van der Waals surface area contributed by atoms with Crippen molar-refractivity contribution in [1.29, 1.82) is 0 Å². The minimum Gasteiger partial charge on any atom is -0.490 e. The smallest absolute Gasteiger partial charge is 0.165 e. The van der Waals surface area contributed by atoms with Crippen molar-refractivity contribution in [3.05, 3.63) is 29.8 Å². The van der Waals surface area contributed by atoms with Gasteiger partial charge in [0, 0.05) is 11.5 Å². The summed E-state index contributed by atoms with van der Waals surface area (Å²) in [5.41, 5.74) is 0.753. The third-order valence-corrected chi connectivity index (χ3v) is 2.47. The van der Waals surface area contributed by atoms with Crippen LogP contribution < -0.4 is 4.74 Å². The molecule has 0 unspecified atom stereocenters. The summed E-state index contributed by atoms with van der Waals surface area (Å²) < 4.78 is 5.64. The summed E-state index contributed by atoms with van der Waals surface area (Å²) in [5, 5.41) is 0. The molecule has 0 spiro atoms. The fourth-order valence-corrected chi connectivity index (χ4v) is 1.43. The molecule has 1 aliphatic carbocycles. The summed E-state index contributed by atoms with van der Waals surface area (Å²) in [5.74, 6) is 1.04. The van der Waals surface area contributed by atoms with E-state index in [4.69, 9.17) is 4.74 Å². The molecular weight excluding hydrogens is 188 g/mol. The van der Waals surface area contributed by atoms with Crippen molar-refractivity contribution in [2.45, 2.75) is 32.8 Å². The molecule has 0 atom stereocenters. The first kappa shape index (κ1) is 10.2. The van der Waals surface area contributed by atoms with Gasteiger partial charge in [0.1, 0.15) is 5.75 Å². The molecular formula is C13H16O2. The molecule has 2 rings (SSSR count). The Labute approximate surface area is 90.3 Å². The van der Waals surface area contributed by atoms with Crippen LogP contribution in [0.5, 0.6) is 5.75 Å². The lowest BCUT2D eigenvalue weighted by molar-refractivity contribution is 0.0939. The van der Waals surface area contributed by atoms with Crippen LogP contribution in [0, 0.1) is 5.92 Å². The van der Waals surface area contributed by atoms with E-state index >= 15 is 0 Å². The lowest BCUT2D eigenvalue weighted by atomic mass is 10.0. The zero-order valence-electron chi connectivity index (χ0n) is 9.19. The quantitative estimate of drug-likeness (QED) is 0.704. The van der Waals surface area contributed by atoms with Gasteiger partial charge in [-0.15, -0.1) is 0 Å². The maximum Gasteiger partial charge on any atom is 0.165 e. The second kappa shape index (κ2) is 4.05. The summed E-state index contributed by atoms with van der Waals surface area (Å²) >= 11 is 0. The van der Waals surface area contributed by atoms with Crippen LogP contribution in [0.25, 0.3) is 0 Å². The Hall–Kier alpha value is -1.31. The van der Waals surface area contributed by atoms with Crippen molar-refractivity contribution in [1.82, 2.24) is 0 Å². The molecule has 1 aliphatic rings. The molecule has 0 saturated heterocycles. The number of rotatable bonds is 4. The fraction of sp³-hybridized carbons (Fsp3) is 0.462. The minimum atomic E-state index is 0.0428. The number of benzene rings is 1. The maximum atomic E-state index is 11.7. The number of ether oxygens (including phenoxy) is 1. The summed E-state index contributed by atoms with van der Waals surface area (Å²) in [6.07, 6.45) is 2.67. The molecule has 2 heteroatoms. The summed E-state index contributed by atoms with van der Waals surface area (Å²) in [4.78, 5) is 11.7. The molecule has 2 nitrogen and oxygen atoms in total. The molecule has 15 heavy (non-hydrogen) atoms. The highest BCUT2D eigenvalue weighted by atomic mass is 16.5. The van der Waals surface area contributed by atoms with Gasteiger partial charge in [-0.1, -0.05) is 26.0 Å². The van der Waals surface area contributed by atoms with Crippen molar-refractivity contribution in [3.8, 4) is 5.75 Å². The van der Waals surface area contributed by atoms with Crippen LogP contribution >= 0.6 is 0 Å². The summed E-state index contributed by atoms with van der Waals surface area (Å²) in [6, 6.07) is 7.49. The largest absolute Gasteiger partial charge is 0.490 e. The van der Waals surface area contributed by atoms with Gasteiger partial charge in [0.05, 0.1) is 6.10 Å². The molecule has 0 heterocycles. The van der Waals surface area contributed by atoms with E-state index in [0.717, 1.165) is 24.2 Å². The van der Waals surface area contributed by atoms with Crippen LogP contribution in [0.4, 0.5) is 0 Å². The van der Waals surface area contributed by atoms with E-state index in [2.05, 4.69) is 0 Å². The van der Waals surface area contributed by atoms with Crippen LogP contribution in [0.15, 0.2) is 24.3 Å². The predicted molar refractivity (Wildman–Crippen MR) is 59.3 cm³/mol. The highest BCUT2D eigenvalue weighted by molar-refractivity contribution is 5.97. The van der Waals surface area contributed by atoms with Gasteiger partial charge in [0.15, 0.2) is 5.78 Å². The molecule has 0 radical (unpaired) electrons. The summed E-state index contributed by atoms with van der Waals surface area (Å²) in [7, 11) is 0. The first-order chi connectivity index (χ1) is 7.16. The average Bonchev–Trinajstić information content (AvgIpc) is 3.01. The van der Waals surface area contributed by atoms with E-state index in [0.29, 0.717) is 6.10 Å². The maximum absolute atomic E-state index is 11.7. The molecule has 0 N–H and O–H groups in total. The van der Waals surface area contributed by atoms with Crippen LogP contribution in [0.2, 0.25) is 0 Å². The van der Waals surface area contributed by atoms with Gasteiger partial charge >= 0.3 is 0 Å². The van der Waals surface area contributed by atoms with Crippen LogP contribution in [0.3, 0.4) is 0 Å². The van der Waals surface area contributed by atoms with E-state index in [9.17, 15) is 4.79 Å². The zero-order chi connectivity index (χ0) is 10.8. The van der Waals surface area contributed by atoms with Gasteiger partial charge in [-0.05, 0) is 25.0 Å². The number of carbonyl (C=O) groups is 1. The Morgan fingerprint density at radius 1 is 1.40 bits per heavy atom. The third-order valence-electron chi connectivity index (χ3n) is 2.47. The normalized spacial score (nSPS) is 15.4. The van der Waals surface area contributed by atoms with Crippen molar-refractivity contribution in [2.24, 2.45) is 5.92 Å². The number of Topliss-reactive ketones (excluding diaryl/α,β-unsaturated/α-hetero) is 1. The Kier molecular flexibility index (Phi) is 2.76. The molecule has 0 aromatic heterocycles. The third kappa shape index (κ3) is 2.58. The van der Waals surface area contributed by atoms with Crippen LogP contribution in [0.1, 0.15) is 37.0 Å². The van der Waals surface area contributed by atoms with Crippen molar-refractivity contribution >= 4 is 5.78 Å². The van der Waals surface area contributed by atoms with Crippen LogP contribution in [-0.4, -0.2) is 11.9 Å². The zero-order valence-corrected chi connectivity index (χ0v) is 9.19.